The minimum atomic E-state index is 0.162. The highest BCUT2D eigenvalue weighted by Gasteiger charge is 2.59. The van der Waals surface area contributed by atoms with Gasteiger partial charge in [0.15, 0.2) is 0 Å². The van der Waals surface area contributed by atoms with Gasteiger partial charge in [0.05, 0.1) is 6.61 Å². The van der Waals surface area contributed by atoms with Gasteiger partial charge in [-0.25, -0.2) is 0 Å². The fourth-order valence-electron chi connectivity index (χ4n) is 5.96. The molecule has 0 aromatic rings. The molecule has 2 N–H and O–H groups in total. The van der Waals surface area contributed by atoms with Crippen LogP contribution in [-0.4, -0.2) is 48.3 Å². The summed E-state index contributed by atoms with van der Waals surface area (Å²) in [6.07, 6.45) is 7.10. The third kappa shape index (κ3) is 1.47. The van der Waals surface area contributed by atoms with E-state index in [0.717, 1.165) is 49.9 Å². The van der Waals surface area contributed by atoms with Crippen LogP contribution in [-0.2, 0) is 0 Å². The number of hydrogen-bond acceptors (Lipinski definition) is 3. The summed E-state index contributed by atoms with van der Waals surface area (Å²) in [5, 5.41) is 13.7. The molecule has 4 aliphatic carbocycles. The van der Waals surface area contributed by atoms with Gasteiger partial charge in [-0.2, -0.15) is 0 Å². The number of hydrogen-bond donors (Lipinski definition) is 2. The number of aliphatic hydroxyl groups excluding tert-OH is 1. The molecule has 5 fully saturated rings. The Bertz CT molecular complexity index is 291. The average molecular weight is 250 g/mol. The summed E-state index contributed by atoms with van der Waals surface area (Å²) in [5.41, 5.74) is 0.162. The lowest BCUT2D eigenvalue weighted by atomic mass is 9.48. The first-order chi connectivity index (χ1) is 8.83. The summed E-state index contributed by atoms with van der Waals surface area (Å²) in [6.45, 7) is 4.90. The number of rotatable bonds is 2. The normalized spacial score (nSPS) is 51.8. The number of piperazine rings is 1. The van der Waals surface area contributed by atoms with E-state index >= 15 is 0 Å². The molecule has 1 heterocycles. The van der Waals surface area contributed by atoms with Crippen molar-refractivity contribution in [3.05, 3.63) is 0 Å². The van der Waals surface area contributed by atoms with Crippen molar-refractivity contribution in [2.24, 2.45) is 23.7 Å². The first kappa shape index (κ1) is 11.7. The Balaban J connectivity index is 1.66. The van der Waals surface area contributed by atoms with E-state index in [1.165, 1.54) is 32.1 Å². The van der Waals surface area contributed by atoms with Crippen LogP contribution in [0.1, 0.15) is 32.1 Å². The van der Waals surface area contributed by atoms with Crippen molar-refractivity contribution in [3.8, 4) is 0 Å². The molecule has 0 aromatic carbocycles. The van der Waals surface area contributed by atoms with Crippen LogP contribution in [0.2, 0.25) is 0 Å². The van der Waals surface area contributed by atoms with Crippen LogP contribution < -0.4 is 5.32 Å². The minimum Gasteiger partial charge on any atom is -0.394 e. The highest BCUT2D eigenvalue weighted by molar-refractivity contribution is 5.12. The van der Waals surface area contributed by atoms with E-state index in [0.29, 0.717) is 6.61 Å². The van der Waals surface area contributed by atoms with Crippen LogP contribution in [0.3, 0.4) is 0 Å². The molecule has 1 aliphatic heterocycles. The Morgan fingerprint density at radius 2 is 1.50 bits per heavy atom. The molecule has 5 rings (SSSR count). The van der Waals surface area contributed by atoms with E-state index in [2.05, 4.69) is 10.2 Å². The average Bonchev–Trinajstić information content (AvgIpc) is 2.40. The van der Waals surface area contributed by atoms with Crippen molar-refractivity contribution in [2.75, 3.05) is 32.8 Å². The van der Waals surface area contributed by atoms with Gasteiger partial charge in [-0.05, 0) is 55.8 Å². The Kier molecular flexibility index (Phi) is 2.72. The monoisotopic (exact) mass is 250 g/mol. The van der Waals surface area contributed by atoms with E-state index in [1.807, 2.05) is 0 Å². The van der Waals surface area contributed by atoms with Crippen LogP contribution in [0.5, 0.6) is 0 Å². The summed E-state index contributed by atoms with van der Waals surface area (Å²) in [7, 11) is 0. The van der Waals surface area contributed by atoms with Crippen molar-refractivity contribution < 1.29 is 5.11 Å². The van der Waals surface area contributed by atoms with Crippen LogP contribution in [0.4, 0.5) is 0 Å². The standard InChI is InChI=1S/C15H26N2O/c18-10-15(17-3-1-16-2-4-17)13-6-11-5-12(8-13)9-14(15)7-11/h11-14,16,18H,1-10H2. The van der Waals surface area contributed by atoms with Crippen molar-refractivity contribution in [2.45, 2.75) is 37.6 Å². The van der Waals surface area contributed by atoms with Gasteiger partial charge in [-0.1, -0.05) is 0 Å². The molecule has 4 saturated carbocycles. The molecule has 0 atom stereocenters. The quantitative estimate of drug-likeness (QED) is 0.770. The molecule has 18 heavy (non-hydrogen) atoms. The van der Waals surface area contributed by atoms with E-state index in [1.54, 1.807) is 0 Å². The predicted octanol–water partition coefficient (Wildman–Crippen LogP) is 1.08. The first-order valence-corrected chi connectivity index (χ1v) is 7.89. The highest BCUT2D eigenvalue weighted by atomic mass is 16.3. The van der Waals surface area contributed by atoms with E-state index in [-0.39, 0.29) is 5.54 Å². The van der Waals surface area contributed by atoms with Gasteiger partial charge in [-0.3, -0.25) is 4.90 Å². The topological polar surface area (TPSA) is 35.5 Å². The molecular weight excluding hydrogens is 224 g/mol. The van der Waals surface area contributed by atoms with Gasteiger partial charge in [0, 0.05) is 31.7 Å². The molecule has 1 saturated heterocycles. The lowest BCUT2D eigenvalue weighted by Gasteiger charge is -2.64. The van der Waals surface area contributed by atoms with Crippen molar-refractivity contribution >= 4 is 0 Å². The van der Waals surface area contributed by atoms with Crippen LogP contribution in [0.15, 0.2) is 0 Å². The smallest absolute Gasteiger partial charge is 0.0620 e. The molecule has 5 aliphatic rings. The van der Waals surface area contributed by atoms with Gasteiger partial charge in [-0.15, -0.1) is 0 Å². The Morgan fingerprint density at radius 3 is 2.00 bits per heavy atom. The second-order valence-electron chi connectivity index (χ2n) is 7.19. The summed E-state index contributed by atoms with van der Waals surface area (Å²) >= 11 is 0. The van der Waals surface area contributed by atoms with Gasteiger partial charge in [0.25, 0.3) is 0 Å². The molecule has 4 bridgehead atoms. The number of nitrogens with one attached hydrogen (secondary N) is 1. The lowest BCUT2D eigenvalue weighted by molar-refractivity contribution is -0.158. The molecule has 3 heteroatoms. The zero-order valence-corrected chi connectivity index (χ0v) is 11.3. The van der Waals surface area contributed by atoms with Gasteiger partial charge >= 0.3 is 0 Å². The van der Waals surface area contributed by atoms with Crippen molar-refractivity contribution in [1.82, 2.24) is 10.2 Å². The zero-order valence-electron chi connectivity index (χ0n) is 11.3. The molecule has 0 amide bonds. The lowest BCUT2D eigenvalue weighted by Crippen LogP contribution is -2.70. The van der Waals surface area contributed by atoms with E-state index < -0.39 is 0 Å². The van der Waals surface area contributed by atoms with Crippen LogP contribution in [0, 0.1) is 23.7 Å². The minimum absolute atomic E-state index is 0.162. The molecule has 0 spiro atoms. The zero-order chi connectivity index (χ0) is 12.2. The van der Waals surface area contributed by atoms with Gasteiger partial charge < -0.3 is 10.4 Å². The summed E-state index contributed by atoms with van der Waals surface area (Å²) in [5.74, 6) is 3.57. The second kappa shape index (κ2) is 4.19. The summed E-state index contributed by atoms with van der Waals surface area (Å²) < 4.78 is 0. The largest absolute Gasteiger partial charge is 0.394 e. The molecule has 0 aromatic heterocycles. The first-order valence-electron chi connectivity index (χ1n) is 7.89. The maximum absolute atomic E-state index is 10.2. The Morgan fingerprint density at radius 1 is 0.944 bits per heavy atom. The van der Waals surface area contributed by atoms with Crippen molar-refractivity contribution in [3.63, 3.8) is 0 Å². The van der Waals surface area contributed by atoms with Crippen molar-refractivity contribution in [1.29, 1.82) is 0 Å². The fraction of sp³-hybridized carbons (Fsp3) is 1.00. The van der Waals surface area contributed by atoms with Gasteiger partial charge in [0.2, 0.25) is 0 Å². The van der Waals surface area contributed by atoms with E-state index in [4.69, 9.17) is 0 Å². The van der Waals surface area contributed by atoms with Gasteiger partial charge in [0.1, 0.15) is 0 Å². The SMILES string of the molecule is OCC1(N2CCNCC2)C2CC3CC(C2)CC1C3. The summed E-state index contributed by atoms with van der Waals surface area (Å²) in [6, 6.07) is 0. The fourth-order valence-corrected chi connectivity index (χ4v) is 5.96. The third-order valence-corrected chi connectivity index (χ3v) is 6.51. The second-order valence-corrected chi connectivity index (χ2v) is 7.19. The maximum Gasteiger partial charge on any atom is 0.0620 e. The third-order valence-electron chi connectivity index (χ3n) is 6.51. The molecular formula is C15H26N2O. The number of aliphatic hydroxyl groups is 1. The van der Waals surface area contributed by atoms with Crippen LogP contribution >= 0.6 is 0 Å². The molecule has 0 radical (unpaired) electrons. The predicted molar refractivity (Wildman–Crippen MR) is 71.3 cm³/mol. The Hall–Kier alpha value is -0.120. The highest BCUT2D eigenvalue weighted by Crippen LogP contribution is 2.60. The summed E-state index contributed by atoms with van der Waals surface area (Å²) in [4.78, 5) is 2.66. The molecule has 102 valence electrons. The maximum atomic E-state index is 10.2. The molecule has 0 unspecified atom stereocenters. The van der Waals surface area contributed by atoms with Crippen LogP contribution in [0.25, 0.3) is 0 Å². The Labute approximate surface area is 110 Å². The van der Waals surface area contributed by atoms with E-state index in [9.17, 15) is 5.11 Å². The molecule has 3 nitrogen and oxygen atoms in total. The number of nitrogens with zero attached hydrogens (tertiary/aromatic N) is 1.